The van der Waals surface area contributed by atoms with Gasteiger partial charge >= 0.3 is 0 Å². The van der Waals surface area contributed by atoms with Gasteiger partial charge in [0.2, 0.25) is 0 Å². The molecule has 2 rings (SSSR count). The molecule has 0 aliphatic carbocycles. The quantitative estimate of drug-likeness (QED) is 0.819. The van der Waals surface area contributed by atoms with Crippen molar-refractivity contribution in [2.24, 2.45) is 5.73 Å². The molecule has 17 heavy (non-hydrogen) atoms. The van der Waals surface area contributed by atoms with E-state index in [4.69, 9.17) is 5.73 Å². The molecule has 0 spiro atoms. The summed E-state index contributed by atoms with van der Waals surface area (Å²) in [5.74, 6) is 0. The van der Waals surface area contributed by atoms with Crippen LogP contribution >= 0.6 is 0 Å². The second kappa shape index (κ2) is 6.87. The molecule has 0 saturated heterocycles. The molecule has 90 valence electrons. The van der Waals surface area contributed by atoms with Crippen molar-refractivity contribution in [3.63, 3.8) is 0 Å². The summed E-state index contributed by atoms with van der Waals surface area (Å²) in [6, 6.07) is 16.8. The number of benzene rings is 2. The molecule has 0 heterocycles. The molecule has 0 radical (unpaired) electrons. The highest BCUT2D eigenvalue weighted by Gasteiger charge is 2.02. The number of aryl methyl sites for hydroxylation is 1. The minimum absolute atomic E-state index is 0.587. The topological polar surface area (TPSA) is 26.0 Å². The van der Waals surface area contributed by atoms with E-state index in [2.05, 4.69) is 49.4 Å². The molecule has 1 nitrogen and oxygen atoms in total. The van der Waals surface area contributed by atoms with Gasteiger partial charge in [-0.1, -0.05) is 67.9 Å². The van der Waals surface area contributed by atoms with Crippen LogP contribution in [0.2, 0.25) is 0 Å². The average molecular weight is 227 g/mol. The Hall–Kier alpha value is -1.60. The second-order valence-corrected chi connectivity index (χ2v) is 3.73. The van der Waals surface area contributed by atoms with Crippen LogP contribution in [0.15, 0.2) is 48.5 Å². The smallest absolute Gasteiger partial charge is 0.0184 e. The first-order valence-electron chi connectivity index (χ1n) is 6.16. The van der Waals surface area contributed by atoms with E-state index in [1.54, 1.807) is 0 Å². The lowest BCUT2D eigenvalue weighted by Crippen LogP contribution is -1.98. The molecule has 2 aromatic carbocycles. The summed E-state index contributed by atoms with van der Waals surface area (Å²) in [6.07, 6.45) is 0. The van der Waals surface area contributed by atoms with E-state index in [9.17, 15) is 0 Å². The zero-order valence-electron chi connectivity index (χ0n) is 10.9. The van der Waals surface area contributed by atoms with Gasteiger partial charge in [0.05, 0.1) is 0 Å². The van der Waals surface area contributed by atoms with Crippen LogP contribution in [0, 0.1) is 6.92 Å². The number of nitrogens with two attached hydrogens (primary N) is 1. The van der Waals surface area contributed by atoms with E-state index < -0.39 is 0 Å². The molecule has 2 N–H and O–H groups in total. The highest BCUT2D eigenvalue weighted by atomic mass is 14.5. The van der Waals surface area contributed by atoms with E-state index in [1.165, 1.54) is 22.3 Å². The van der Waals surface area contributed by atoms with E-state index >= 15 is 0 Å². The number of rotatable bonds is 2. The average Bonchev–Trinajstić information content (AvgIpc) is 2.41. The van der Waals surface area contributed by atoms with Crippen LogP contribution < -0.4 is 5.73 Å². The Bertz CT molecular complexity index is 461. The SMILES string of the molecule is CC.Cc1cccc(-c2ccccc2CN)c1. The maximum absolute atomic E-state index is 5.73. The van der Waals surface area contributed by atoms with Gasteiger partial charge in [0.1, 0.15) is 0 Å². The van der Waals surface area contributed by atoms with E-state index in [-0.39, 0.29) is 0 Å². The number of hydrogen-bond acceptors (Lipinski definition) is 1. The Morgan fingerprint density at radius 3 is 2.29 bits per heavy atom. The minimum Gasteiger partial charge on any atom is -0.326 e. The maximum atomic E-state index is 5.73. The maximum Gasteiger partial charge on any atom is 0.0184 e. The van der Waals surface area contributed by atoms with Gasteiger partial charge in [-0.05, 0) is 23.6 Å². The van der Waals surface area contributed by atoms with Gasteiger partial charge in [0.15, 0.2) is 0 Å². The predicted octanol–water partition coefficient (Wildman–Crippen LogP) is 4.15. The van der Waals surface area contributed by atoms with Crippen LogP contribution in [-0.4, -0.2) is 0 Å². The normalized spacial score (nSPS) is 9.41. The molecule has 0 amide bonds. The Kier molecular flexibility index (Phi) is 5.44. The van der Waals surface area contributed by atoms with Crippen LogP contribution in [0.25, 0.3) is 11.1 Å². The van der Waals surface area contributed by atoms with E-state index in [1.807, 2.05) is 19.9 Å². The molecule has 0 aliphatic heterocycles. The van der Waals surface area contributed by atoms with Gasteiger partial charge in [0, 0.05) is 6.54 Å². The molecule has 0 atom stereocenters. The van der Waals surface area contributed by atoms with Crippen LogP contribution in [-0.2, 0) is 6.54 Å². The molecule has 0 aliphatic rings. The van der Waals surface area contributed by atoms with Crippen molar-refractivity contribution >= 4 is 0 Å². The largest absolute Gasteiger partial charge is 0.326 e. The predicted molar refractivity (Wildman–Crippen MR) is 75.9 cm³/mol. The molecule has 2 aromatic rings. The first-order valence-corrected chi connectivity index (χ1v) is 6.16. The number of hydrogen-bond donors (Lipinski definition) is 1. The fourth-order valence-electron chi connectivity index (χ4n) is 1.79. The first-order chi connectivity index (χ1) is 8.31. The molecule has 0 bridgehead atoms. The summed E-state index contributed by atoms with van der Waals surface area (Å²) in [5, 5.41) is 0. The van der Waals surface area contributed by atoms with Crippen molar-refractivity contribution in [3.8, 4) is 11.1 Å². The summed E-state index contributed by atoms with van der Waals surface area (Å²) in [5.41, 5.74) is 10.7. The fourth-order valence-corrected chi connectivity index (χ4v) is 1.79. The summed E-state index contributed by atoms with van der Waals surface area (Å²) < 4.78 is 0. The third kappa shape index (κ3) is 3.43. The lowest BCUT2D eigenvalue weighted by molar-refractivity contribution is 1.07. The molecular weight excluding hydrogens is 206 g/mol. The summed E-state index contributed by atoms with van der Waals surface area (Å²) in [6.45, 7) is 6.69. The van der Waals surface area contributed by atoms with Crippen molar-refractivity contribution < 1.29 is 0 Å². The zero-order valence-corrected chi connectivity index (χ0v) is 10.9. The Morgan fingerprint density at radius 2 is 1.65 bits per heavy atom. The molecule has 0 unspecified atom stereocenters. The van der Waals surface area contributed by atoms with Crippen LogP contribution in [0.3, 0.4) is 0 Å². The molecule has 0 saturated carbocycles. The lowest BCUT2D eigenvalue weighted by Gasteiger charge is -2.08. The summed E-state index contributed by atoms with van der Waals surface area (Å²) in [4.78, 5) is 0. The van der Waals surface area contributed by atoms with Gasteiger partial charge in [-0.15, -0.1) is 0 Å². The molecule has 0 aromatic heterocycles. The highest BCUT2D eigenvalue weighted by Crippen LogP contribution is 2.23. The van der Waals surface area contributed by atoms with Gasteiger partial charge < -0.3 is 5.73 Å². The Labute approximate surface area is 104 Å². The minimum atomic E-state index is 0.587. The van der Waals surface area contributed by atoms with Crippen molar-refractivity contribution in [2.75, 3.05) is 0 Å². The summed E-state index contributed by atoms with van der Waals surface area (Å²) in [7, 11) is 0. The second-order valence-electron chi connectivity index (χ2n) is 3.73. The zero-order chi connectivity index (χ0) is 12.7. The van der Waals surface area contributed by atoms with Gasteiger partial charge in [-0.25, -0.2) is 0 Å². The van der Waals surface area contributed by atoms with Gasteiger partial charge in [-0.2, -0.15) is 0 Å². The monoisotopic (exact) mass is 227 g/mol. The van der Waals surface area contributed by atoms with Crippen LogP contribution in [0.4, 0.5) is 0 Å². The summed E-state index contributed by atoms with van der Waals surface area (Å²) >= 11 is 0. The van der Waals surface area contributed by atoms with Crippen molar-refractivity contribution in [1.29, 1.82) is 0 Å². The van der Waals surface area contributed by atoms with Crippen molar-refractivity contribution in [3.05, 3.63) is 59.7 Å². The fraction of sp³-hybridized carbons (Fsp3) is 0.250. The third-order valence-corrected chi connectivity index (χ3v) is 2.57. The van der Waals surface area contributed by atoms with Crippen molar-refractivity contribution in [2.45, 2.75) is 27.3 Å². The Morgan fingerprint density at radius 1 is 0.941 bits per heavy atom. The highest BCUT2D eigenvalue weighted by molar-refractivity contribution is 5.67. The first kappa shape index (κ1) is 13.5. The molecule has 0 fully saturated rings. The third-order valence-electron chi connectivity index (χ3n) is 2.57. The van der Waals surface area contributed by atoms with Crippen LogP contribution in [0.1, 0.15) is 25.0 Å². The van der Waals surface area contributed by atoms with Crippen molar-refractivity contribution in [1.82, 2.24) is 0 Å². The van der Waals surface area contributed by atoms with E-state index in [0.717, 1.165) is 0 Å². The molecular formula is C16H21N. The van der Waals surface area contributed by atoms with Gasteiger partial charge in [-0.3, -0.25) is 0 Å². The molecule has 1 heteroatoms. The van der Waals surface area contributed by atoms with Gasteiger partial charge in [0.25, 0.3) is 0 Å². The Balaban J connectivity index is 0.000000686. The standard InChI is InChI=1S/C14H15N.C2H6/c1-11-5-4-7-12(9-11)14-8-3-2-6-13(14)10-15;1-2/h2-9H,10,15H2,1H3;1-2H3. The van der Waals surface area contributed by atoms with E-state index in [0.29, 0.717) is 6.54 Å². The lowest BCUT2D eigenvalue weighted by atomic mass is 9.98. The van der Waals surface area contributed by atoms with Crippen LogP contribution in [0.5, 0.6) is 0 Å².